The van der Waals surface area contributed by atoms with Crippen LogP contribution in [0.4, 0.5) is 10.1 Å². The normalized spacial score (nSPS) is 11.1. The van der Waals surface area contributed by atoms with Crippen LogP contribution in [0.1, 0.15) is 17.5 Å². The fourth-order valence-electron chi connectivity index (χ4n) is 1.17. The van der Waals surface area contributed by atoms with E-state index in [1.165, 1.54) is 6.07 Å². The molecule has 0 fully saturated rings. The Balaban J connectivity index is 2.92. The van der Waals surface area contributed by atoms with Crippen LogP contribution in [0.3, 0.4) is 0 Å². The Hall–Kier alpha value is -0.830. The minimum absolute atomic E-state index is 0.208. The molecule has 0 unspecified atom stereocenters. The van der Waals surface area contributed by atoms with Crippen LogP contribution in [0.5, 0.6) is 0 Å². The number of benzene rings is 1. The number of nitrogens with two attached hydrogens (primary N) is 1. The minimum Gasteiger partial charge on any atom is -0.396 e. The lowest BCUT2D eigenvalue weighted by molar-refractivity contribution is 0.632. The van der Waals surface area contributed by atoms with Crippen molar-refractivity contribution in [2.75, 3.05) is 11.1 Å². The number of nitrogen functional groups attached to an aromatic ring is 1. The molecule has 2 N–H and O–H groups in total. The molecule has 1 rings (SSSR count). The fourth-order valence-corrected chi connectivity index (χ4v) is 1.44. The van der Waals surface area contributed by atoms with Gasteiger partial charge in [0.25, 0.3) is 0 Å². The standard InChI is InChI=1S/C11H13BrFN/c1-8-6-11(14)10(13)7-9(8)4-2-3-5-12/h2,4,6-7H,3,5,14H2,1H3. The van der Waals surface area contributed by atoms with Crippen LogP contribution >= 0.6 is 15.9 Å². The van der Waals surface area contributed by atoms with E-state index in [1.54, 1.807) is 6.07 Å². The van der Waals surface area contributed by atoms with Crippen molar-refractivity contribution in [1.82, 2.24) is 0 Å². The molecule has 0 amide bonds. The highest BCUT2D eigenvalue weighted by Crippen LogP contribution is 2.18. The van der Waals surface area contributed by atoms with Crippen molar-refractivity contribution in [3.8, 4) is 0 Å². The molecule has 1 nitrogen and oxygen atoms in total. The average Bonchev–Trinajstić information content (AvgIpc) is 2.14. The third-order valence-corrected chi connectivity index (χ3v) is 2.42. The van der Waals surface area contributed by atoms with Crippen LogP contribution < -0.4 is 5.73 Å². The Kier molecular flexibility index (Phi) is 4.14. The van der Waals surface area contributed by atoms with Crippen molar-refractivity contribution in [1.29, 1.82) is 0 Å². The Labute approximate surface area is 91.9 Å². The summed E-state index contributed by atoms with van der Waals surface area (Å²) in [6, 6.07) is 3.12. The van der Waals surface area contributed by atoms with E-state index in [-0.39, 0.29) is 11.5 Å². The molecule has 0 radical (unpaired) electrons. The number of alkyl halides is 1. The molecule has 0 bridgehead atoms. The highest BCUT2D eigenvalue weighted by molar-refractivity contribution is 9.09. The predicted octanol–water partition coefficient (Wildman–Crippen LogP) is 3.51. The Morgan fingerprint density at radius 3 is 2.86 bits per heavy atom. The second-order valence-corrected chi connectivity index (χ2v) is 3.90. The number of hydrogen-bond acceptors (Lipinski definition) is 1. The van der Waals surface area contributed by atoms with Crippen LogP contribution in [0, 0.1) is 12.7 Å². The van der Waals surface area contributed by atoms with Gasteiger partial charge in [0.2, 0.25) is 0 Å². The highest BCUT2D eigenvalue weighted by atomic mass is 79.9. The Morgan fingerprint density at radius 1 is 1.50 bits per heavy atom. The third kappa shape index (κ3) is 2.84. The number of anilines is 1. The predicted molar refractivity (Wildman–Crippen MR) is 63.0 cm³/mol. The molecule has 0 aliphatic carbocycles. The van der Waals surface area contributed by atoms with Gasteiger partial charge in [0.05, 0.1) is 5.69 Å². The molecule has 0 heterocycles. The lowest BCUT2D eigenvalue weighted by atomic mass is 10.1. The zero-order valence-electron chi connectivity index (χ0n) is 8.06. The number of rotatable bonds is 3. The lowest BCUT2D eigenvalue weighted by Gasteiger charge is -2.03. The molecule has 1 aromatic rings. The van der Waals surface area contributed by atoms with Crippen LogP contribution in [0.2, 0.25) is 0 Å². The first kappa shape index (κ1) is 11.2. The van der Waals surface area contributed by atoms with Gasteiger partial charge in [-0.05, 0) is 36.6 Å². The maximum absolute atomic E-state index is 13.1. The summed E-state index contributed by atoms with van der Waals surface area (Å²) in [4.78, 5) is 0. The molecule has 0 aliphatic rings. The fraction of sp³-hybridized carbons (Fsp3) is 0.273. The summed E-state index contributed by atoms with van der Waals surface area (Å²) in [7, 11) is 0. The van der Waals surface area contributed by atoms with Crippen molar-refractivity contribution < 1.29 is 4.39 Å². The summed E-state index contributed by atoms with van der Waals surface area (Å²) in [6.07, 6.45) is 4.86. The molecule has 0 saturated heterocycles. The lowest BCUT2D eigenvalue weighted by Crippen LogP contribution is -1.93. The van der Waals surface area contributed by atoms with Gasteiger partial charge in [-0.2, -0.15) is 0 Å². The molecule has 3 heteroatoms. The van der Waals surface area contributed by atoms with Gasteiger partial charge < -0.3 is 5.73 Å². The highest BCUT2D eigenvalue weighted by Gasteiger charge is 2.01. The maximum atomic E-state index is 13.1. The third-order valence-electron chi connectivity index (χ3n) is 1.96. The molecular weight excluding hydrogens is 245 g/mol. The number of allylic oxidation sites excluding steroid dienone is 1. The summed E-state index contributed by atoms with van der Waals surface area (Å²) in [5.41, 5.74) is 7.53. The first-order valence-electron chi connectivity index (χ1n) is 4.43. The minimum atomic E-state index is -0.353. The quantitative estimate of drug-likeness (QED) is 0.651. The average molecular weight is 258 g/mol. The summed E-state index contributed by atoms with van der Waals surface area (Å²) in [5, 5.41) is 0.917. The zero-order valence-corrected chi connectivity index (χ0v) is 9.64. The summed E-state index contributed by atoms with van der Waals surface area (Å²) >= 11 is 3.32. The van der Waals surface area contributed by atoms with Crippen LogP contribution in [-0.2, 0) is 0 Å². The first-order valence-corrected chi connectivity index (χ1v) is 5.55. The van der Waals surface area contributed by atoms with E-state index in [2.05, 4.69) is 15.9 Å². The summed E-state index contributed by atoms with van der Waals surface area (Å²) < 4.78 is 13.1. The molecule has 0 aromatic heterocycles. The molecule has 0 atom stereocenters. The van der Waals surface area contributed by atoms with Crippen molar-refractivity contribution >= 4 is 27.7 Å². The monoisotopic (exact) mass is 257 g/mol. The molecular formula is C11H13BrFN. The van der Waals surface area contributed by atoms with E-state index < -0.39 is 0 Å². The van der Waals surface area contributed by atoms with Gasteiger partial charge in [-0.25, -0.2) is 4.39 Å². The van der Waals surface area contributed by atoms with Gasteiger partial charge in [-0.15, -0.1) is 0 Å². The van der Waals surface area contributed by atoms with E-state index in [0.29, 0.717) is 0 Å². The van der Waals surface area contributed by atoms with E-state index >= 15 is 0 Å². The SMILES string of the molecule is Cc1cc(N)c(F)cc1C=CCCBr. The second kappa shape index (κ2) is 5.15. The Morgan fingerprint density at radius 2 is 2.21 bits per heavy atom. The zero-order chi connectivity index (χ0) is 10.6. The molecule has 1 aromatic carbocycles. The van der Waals surface area contributed by atoms with Crippen LogP contribution in [0.15, 0.2) is 18.2 Å². The number of aryl methyl sites for hydroxylation is 1. The van der Waals surface area contributed by atoms with Crippen molar-refractivity contribution in [3.05, 3.63) is 35.2 Å². The van der Waals surface area contributed by atoms with Crippen molar-refractivity contribution in [2.45, 2.75) is 13.3 Å². The number of hydrogen-bond donors (Lipinski definition) is 1. The van der Waals surface area contributed by atoms with E-state index in [9.17, 15) is 4.39 Å². The van der Waals surface area contributed by atoms with Gasteiger partial charge in [0, 0.05) is 5.33 Å². The van der Waals surface area contributed by atoms with E-state index in [1.807, 2.05) is 19.1 Å². The van der Waals surface area contributed by atoms with Crippen molar-refractivity contribution in [2.24, 2.45) is 0 Å². The topological polar surface area (TPSA) is 26.0 Å². The molecule has 0 spiro atoms. The van der Waals surface area contributed by atoms with Gasteiger partial charge in [-0.1, -0.05) is 28.1 Å². The van der Waals surface area contributed by atoms with Crippen LogP contribution in [0.25, 0.3) is 6.08 Å². The van der Waals surface area contributed by atoms with Crippen molar-refractivity contribution in [3.63, 3.8) is 0 Å². The molecule has 0 aliphatic heterocycles. The second-order valence-electron chi connectivity index (χ2n) is 3.11. The Bertz CT molecular complexity index is 347. The van der Waals surface area contributed by atoms with Gasteiger partial charge in [0.1, 0.15) is 5.82 Å². The maximum Gasteiger partial charge on any atom is 0.146 e. The summed E-state index contributed by atoms with van der Waals surface area (Å²) in [6.45, 7) is 1.92. The number of halogens is 2. The van der Waals surface area contributed by atoms with Gasteiger partial charge >= 0.3 is 0 Å². The van der Waals surface area contributed by atoms with Gasteiger partial charge in [-0.3, -0.25) is 0 Å². The molecule has 14 heavy (non-hydrogen) atoms. The largest absolute Gasteiger partial charge is 0.396 e. The first-order chi connectivity index (χ1) is 6.65. The van der Waals surface area contributed by atoms with E-state index in [4.69, 9.17) is 5.73 Å². The van der Waals surface area contributed by atoms with Crippen LogP contribution in [-0.4, -0.2) is 5.33 Å². The smallest absolute Gasteiger partial charge is 0.146 e. The summed E-state index contributed by atoms with van der Waals surface area (Å²) in [5.74, 6) is -0.353. The molecule has 76 valence electrons. The molecule has 0 saturated carbocycles. The van der Waals surface area contributed by atoms with Gasteiger partial charge in [0.15, 0.2) is 0 Å². The van der Waals surface area contributed by atoms with E-state index in [0.717, 1.165) is 22.9 Å².